The molecule has 4 N–H and O–H groups in total. The first-order valence-corrected chi connectivity index (χ1v) is 6.34. The van der Waals surface area contributed by atoms with Gasteiger partial charge < -0.3 is 16.4 Å². The van der Waals surface area contributed by atoms with Crippen LogP contribution in [0.25, 0.3) is 0 Å². The van der Waals surface area contributed by atoms with Crippen LogP contribution in [0.1, 0.15) is 24.8 Å². The molecule has 1 heterocycles. The molecule has 1 aromatic heterocycles. The average Bonchev–Trinajstić information content (AvgIpc) is 3.13. The van der Waals surface area contributed by atoms with Crippen LogP contribution in [0, 0.1) is 0 Å². The van der Waals surface area contributed by atoms with Crippen molar-refractivity contribution in [2.75, 3.05) is 11.9 Å². The van der Waals surface area contributed by atoms with Crippen molar-refractivity contribution in [1.29, 1.82) is 0 Å². The summed E-state index contributed by atoms with van der Waals surface area (Å²) in [6.45, 7) is 0.542. The van der Waals surface area contributed by atoms with E-state index in [1.54, 1.807) is 18.5 Å². The predicted octanol–water partition coefficient (Wildman–Crippen LogP) is 0.796. The third-order valence-corrected chi connectivity index (χ3v) is 2.92. The Kier molecular flexibility index (Phi) is 4.09. The summed E-state index contributed by atoms with van der Waals surface area (Å²) in [5.74, 6) is 0.0748. The van der Waals surface area contributed by atoms with Gasteiger partial charge in [0.25, 0.3) is 0 Å². The molecule has 18 heavy (non-hydrogen) atoms. The van der Waals surface area contributed by atoms with Crippen LogP contribution in [0.15, 0.2) is 18.5 Å². The molecular weight excluding hydrogens is 248 g/mol. The molecule has 1 aliphatic carbocycles. The van der Waals surface area contributed by atoms with Gasteiger partial charge in [-0.1, -0.05) is 12.2 Å². The molecule has 1 fully saturated rings. The van der Waals surface area contributed by atoms with E-state index in [9.17, 15) is 4.79 Å². The van der Waals surface area contributed by atoms with E-state index in [0.29, 0.717) is 24.0 Å². The topological polar surface area (TPSA) is 80.0 Å². The van der Waals surface area contributed by atoms with Crippen LogP contribution in [0.2, 0.25) is 0 Å². The molecule has 96 valence electrons. The van der Waals surface area contributed by atoms with Crippen LogP contribution in [0.5, 0.6) is 0 Å². The van der Waals surface area contributed by atoms with E-state index in [1.807, 2.05) is 0 Å². The van der Waals surface area contributed by atoms with Crippen LogP contribution in [-0.4, -0.2) is 28.5 Å². The van der Waals surface area contributed by atoms with Gasteiger partial charge in [0.2, 0.25) is 5.91 Å². The lowest BCUT2D eigenvalue weighted by molar-refractivity contribution is -0.120. The highest BCUT2D eigenvalue weighted by Gasteiger charge is 2.22. The van der Waals surface area contributed by atoms with Crippen LogP contribution in [0.4, 0.5) is 5.69 Å². The van der Waals surface area contributed by atoms with E-state index < -0.39 is 0 Å². The van der Waals surface area contributed by atoms with Crippen molar-refractivity contribution < 1.29 is 4.79 Å². The number of aromatic nitrogens is 1. The Bertz CT molecular complexity index is 459. The first-order chi connectivity index (χ1) is 8.66. The normalized spacial score (nSPS) is 14.0. The number of pyridine rings is 1. The molecule has 1 amide bonds. The van der Waals surface area contributed by atoms with Gasteiger partial charge in [0.1, 0.15) is 4.99 Å². The number of nitrogens with zero attached hydrogens (tertiary/aromatic N) is 1. The highest BCUT2D eigenvalue weighted by Crippen LogP contribution is 2.18. The number of carbonyl (C=O) groups is 1. The van der Waals surface area contributed by atoms with Crippen molar-refractivity contribution in [3.63, 3.8) is 0 Å². The maximum atomic E-state index is 11.5. The Morgan fingerprint density at radius 1 is 1.56 bits per heavy atom. The fourth-order valence-electron chi connectivity index (χ4n) is 1.59. The summed E-state index contributed by atoms with van der Waals surface area (Å²) in [7, 11) is 0. The summed E-state index contributed by atoms with van der Waals surface area (Å²) in [5, 5.41) is 6.06. The Hall–Kier alpha value is -1.69. The molecule has 0 spiro atoms. The number of carbonyl (C=O) groups excluding carboxylic acids is 1. The van der Waals surface area contributed by atoms with Crippen LogP contribution in [-0.2, 0) is 4.79 Å². The second kappa shape index (κ2) is 5.77. The number of hydrogen-bond acceptors (Lipinski definition) is 4. The largest absolute Gasteiger partial charge is 0.389 e. The summed E-state index contributed by atoms with van der Waals surface area (Å²) in [6, 6.07) is 2.16. The Balaban J connectivity index is 1.82. The molecule has 0 radical (unpaired) electrons. The van der Waals surface area contributed by atoms with Gasteiger partial charge in [0.15, 0.2) is 0 Å². The second-order valence-corrected chi connectivity index (χ2v) is 4.74. The minimum Gasteiger partial charge on any atom is -0.389 e. The molecule has 1 aliphatic rings. The SMILES string of the molecule is NC(=S)c1ccncc1NCCC(=O)NC1CC1. The lowest BCUT2D eigenvalue weighted by Gasteiger charge is -2.10. The van der Waals surface area contributed by atoms with Crippen LogP contribution < -0.4 is 16.4 Å². The van der Waals surface area contributed by atoms with Crippen LogP contribution >= 0.6 is 12.2 Å². The number of rotatable bonds is 6. The maximum absolute atomic E-state index is 11.5. The second-order valence-electron chi connectivity index (χ2n) is 4.30. The van der Waals surface area contributed by atoms with E-state index in [1.165, 1.54) is 0 Å². The zero-order valence-corrected chi connectivity index (χ0v) is 10.8. The van der Waals surface area contributed by atoms with Crippen molar-refractivity contribution in [2.45, 2.75) is 25.3 Å². The highest BCUT2D eigenvalue weighted by molar-refractivity contribution is 7.80. The fraction of sp³-hybridized carbons (Fsp3) is 0.417. The van der Waals surface area contributed by atoms with Gasteiger partial charge in [-0.05, 0) is 18.9 Å². The summed E-state index contributed by atoms with van der Waals surface area (Å²) in [6.07, 6.45) is 5.94. The number of hydrogen-bond donors (Lipinski definition) is 3. The van der Waals surface area contributed by atoms with Crippen molar-refractivity contribution >= 4 is 28.8 Å². The molecule has 2 rings (SSSR count). The van der Waals surface area contributed by atoms with Gasteiger partial charge in [0, 0.05) is 30.8 Å². The molecule has 5 nitrogen and oxygen atoms in total. The number of amides is 1. The number of thiocarbonyl (C=S) groups is 1. The van der Waals surface area contributed by atoms with E-state index in [2.05, 4.69) is 15.6 Å². The molecule has 0 aromatic carbocycles. The van der Waals surface area contributed by atoms with Gasteiger partial charge in [-0.2, -0.15) is 0 Å². The minimum atomic E-state index is 0.0748. The smallest absolute Gasteiger partial charge is 0.221 e. The minimum absolute atomic E-state index is 0.0748. The van der Waals surface area contributed by atoms with Crippen molar-refractivity contribution in [3.8, 4) is 0 Å². The Labute approximate surface area is 111 Å². The molecular formula is C12H16N4OS. The summed E-state index contributed by atoms with van der Waals surface area (Å²) < 4.78 is 0. The number of nitrogens with two attached hydrogens (primary N) is 1. The molecule has 6 heteroatoms. The van der Waals surface area contributed by atoms with E-state index in [0.717, 1.165) is 24.1 Å². The maximum Gasteiger partial charge on any atom is 0.221 e. The summed E-state index contributed by atoms with van der Waals surface area (Å²) >= 11 is 4.95. The lowest BCUT2D eigenvalue weighted by atomic mass is 10.2. The first-order valence-electron chi connectivity index (χ1n) is 5.94. The highest BCUT2D eigenvalue weighted by atomic mass is 32.1. The van der Waals surface area contributed by atoms with Crippen molar-refractivity contribution in [2.24, 2.45) is 5.73 Å². The van der Waals surface area contributed by atoms with E-state index >= 15 is 0 Å². The van der Waals surface area contributed by atoms with Crippen LogP contribution in [0.3, 0.4) is 0 Å². The fourth-order valence-corrected chi connectivity index (χ4v) is 1.77. The molecule has 0 saturated heterocycles. The Morgan fingerprint density at radius 3 is 3.00 bits per heavy atom. The lowest BCUT2D eigenvalue weighted by Crippen LogP contribution is -2.27. The third kappa shape index (κ3) is 3.66. The van der Waals surface area contributed by atoms with Gasteiger partial charge >= 0.3 is 0 Å². The molecule has 1 aromatic rings. The zero-order valence-electron chi connectivity index (χ0n) is 9.98. The summed E-state index contributed by atoms with van der Waals surface area (Å²) in [4.78, 5) is 15.8. The van der Waals surface area contributed by atoms with Gasteiger partial charge in [-0.25, -0.2) is 0 Å². The third-order valence-electron chi connectivity index (χ3n) is 2.70. The number of nitrogens with one attached hydrogen (secondary N) is 2. The van der Waals surface area contributed by atoms with Gasteiger partial charge in [-0.3, -0.25) is 9.78 Å². The monoisotopic (exact) mass is 264 g/mol. The predicted molar refractivity (Wildman–Crippen MR) is 74.4 cm³/mol. The van der Waals surface area contributed by atoms with Gasteiger partial charge in [0.05, 0.1) is 11.9 Å². The molecule has 1 saturated carbocycles. The quantitative estimate of drug-likeness (QED) is 0.662. The van der Waals surface area contributed by atoms with Crippen molar-refractivity contribution in [1.82, 2.24) is 10.3 Å². The average molecular weight is 264 g/mol. The van der Waals surface area contributed by atoms with E-state index in [-0.39, 0.29) is 5.91 Å². The molecule has 0 bridgehead atoms. The summed E-state index contributed by atoms with van der Waals surface area (Å²) in [5.41, 5.74) is 7.12. The molecule has 0 unspecified atom stereocenters. The Morgan fingerprint density at radius 2 is 2.33 bits per heavy atom. The van der Waals surface area contributed by atoms with Crippen molar-refractivity contribution in [3.05, 3.63) is 24.0 Å². The molecule has 0 atom stereocenters. The number of anilines is 1. The first kappa shape index (κ1) is 12.8. The molecule has 0 aliphatic heterocycles. The van der Waals surface area contributed by atoms with E-state index in [4.69, 9.17) is 18.0 Å². The van der Waals surface area contributed by atoms with Gasteiger partial charge in [-0.15, -0.1) is 0 Å². The standard InChI is InChI=1S/C12H16N4OS/c13-12(18)9-3-5-14-7-10(9)15-6-4-11(17)16-8-1-2-8/h3,5,7-8,15H,1-2,4,6H2,(H2,13,18)(H,16,17). The zero-order chi connectivity index (χ0) is 13.0.